The third-order valence-corrected chi connectivity index (χ3v) is 2.57. The Morgan fingerprint density at radius 2 is 2.55 bits per heavy atom. The molecule has 0 bridgehead atoms. The molecule has 1 unspecified atom stereocenters. The monoisotopic (exact) mass is 146 g/mol. The van der Waals surface area contributed by atoms with Crippen LogP contribution in [0.3, 0.4) is 0 Å². The van der Waals surface area contributed by atoms with E-state index in [2.05, 4.69) is 23.3 Å². The maximum absolute atomic E-state index is 4.33. The molecule has 0 aromatic carbocycles. The molecule has 2 nitrogen and oxygen atoms in total. The van der Waals surface area contributed by atoms with Gasteiger partial charge in [0.15, 0.2) is 0 Å². The van der Waals surface area contributed by atoms with Gasteiger partial charge in [-0.05, 0) is 24.5 Å². The first kappa shape index (κ1) is 5.58. The van der Waals surface area contributed by atoms with E-state index in [1.165, 1.54) is 17.5 Å². The van der Waals surface area contributed by atoms with E-state index in [4.69, 9.17) is 0 Å². The topological polar surface area (TPSA) is 24.9 Å². The number of anilines is 1. The summed E-state index contributed by atoms with van der Waals surface area (Å²) in [7, 11) is 0. The van der Waals surface area contributed by atoms with Crippen LogP contribution in [0.25, 0.3) is 0 Å². The number of nitrogens with one attached hydrogen (secondary N) is 1. The summed E-state index contributed by atoms with van der Waals surface area (Å²) in [5, 5.41) is 3.39. The molecule has 1 saturated carbocycles. The quantitative estimate of drug-likeness (QED) is 0.602. The fraction of sp³-hybridized carbons (Fsp3) is 0.444. The fourth-order valence-electron chi connectivity index (χ4n) is 1.87. The Morgan fingerprint density at radius 1 is 1.64 bits per heavy atom. The van der Waals surface area contributed by atoms with Gasteiger partial charge < -0.3 is 5.32 Å². The van der Waals surface area contributed by atoms with Crippen LogP contribution in [-0.2, 0) is 0 Å². The first-order valence-electron chi connectivity index (χ1n) is 4.08. The van der Waals surface area contributed by atoms with Crippen molar-refractivity contribution in [3.8, 4) is 0 Å². The lowest BCUT2D eigenvalue weighted by Gasteiger charge is -2.02. The lowest BCUT2D eigenvalue weighted by molar-refractivity contribution is 1.13. The van der Waals surface area contributed by atoms with Crippen LogP contribution in [-0.4, -0.2) is 11.0 Å². The first-order chi connectivity index (χ1) is 5.34. The minimum Gasteiger partial charge on any atom is -0.366 e. The van der Waals surface area contributed by atoms with Crippen molar-refractivity contribution in [3.63, 3.8) is 0 Å². The van der Waals surface area contributed by atoms with Crippen LogP contribution in [0.1, 0.15) is 23.5 Å². The molecule has 0 amide bonds. The van der Waals surface area contributed by atoms with E-state index >= 15 is 0 Å². The van der Waals surface area contributed by atoms with Crippen molar-refractivity contribution in [2.45, 2.75) is 25.3 Å². The molecule has 0 saturated heterocycles. The Hall–Kier alpha value is -1.05. The predicted molar refractivity (Wildman–Crippen MR) is 43.7 cm³/mol. The Labute approximate surface area is 65.6 Å². The van der Waals surface area contributed by atoms with Gasteiger partial charge in [-0.25, -0.2) is 4.98 Å². The van der Waals surface area contributed by atoms with Gasteiger partial charge in [-0.1, -0.05) is 6.07 Å². The third kappa shape index (κ3) is 0.642. The average Bonchev–Trinajstić information content (AvgIpc) is 2.67. The van der Waals surface area contributed by atoms with E-state index in [1.54, 1.807) is 0 Å². The van der Waals surface area contributed by atoms with E-state index < -0.39 is 0 Å². The number of fused-ring (bicyclic) bond motifs is 3. The van der Waals surface area contributed by atoms with Crippen LogP contribution in [0.2, 0.25) is 0 Å². The minimum absolute atomic E-state index is 0.722. The van der Waals surface area contributed by atoms with Crippen molar-refractivity contribution in [1.29, 1.82) is 0 Å². The molecule has 2 heterocycles. The molecule has 2 aliphatic rings. The summed E-state index contributed by atoms with van der Waals surface area (Å²) < 4.78 is 0. The molecule has 0 radical (unpaired) electrons. The number of rotatable bonds is 0. The standard InChI is InChI=1S/C9H10N2/c1-5-2-7-6-3-8(6)11-9(7)10-4-5/h2,4,6,8H,3H2,1H3,(H,10,11)/t6?,8-/m1/s1. The molecule has 1 fully saturated rings. The van der Waals surface area contributed by atoms with Gasteiger partial charge >= 0.3 is 0 Å². The molecule has 1 aromatic heterocycles. The van der Waals surface area contributed by atoms with Crippen molar-refractivity contribution >= 4 is 5.82 Å². The summed E-state index contributed by atoms with van der Waals surface area (Å²) in [6.45, 7) is 2.10. The Bertz CT molecular complexity index is 319. The number of hydrogen-bond acceptors (Lipinski definition) is 2. The number of aromatic nitrogens is 1. The highest BCUT2D eigenvalue weighted by Crippen LogP contribution is 2.50. The van der Waals surface area contributed by atoms with Crippen molar-refractivity contribution < 1.29 is 0 Å². The predicted octanol–water partition coefficient (Wildman–Crippen LogP) is 1.67. The summed E-state index contributed by atoms with van der Waals surface area (Å²) >= 11 is 0. The second-order valence-corrected chi connectivity index (χ2v) is 3.54. The summed E-state index contributed by atoms with van der Waals surface area (Å²) in [5.41, 5.74) is 2.72. The molecule has 3 rings (SSSR count). The number of nitrogens with zero attached hydrogens (tertiary/aromatic N) is 1. The van der Waals surface area contributed by atoms with Crippen LogP contribution in [0, 0.1) is 6.92 Å². The summed E-state index contributed by atoms with van der Waals surface area (Å²) in [4.78, 5) is 4.33. The zero-order chi connectivity index (χ0) is 7.42. The SMILES string of the molecule is Cc1cnc2c(c1)C1C[C@H]1N2. The van der Waals surface area contributed by atoms with Gasteiger partial charge in [0.2, 0.25) is 0 Å². The normalized spacial score (nSPS) is 30.6. The molecule has 1 aromatic rings. The van der Waals surface area contributed by atoms with Gasteiger partial charge in [0.1, 0.15) is 5.82 Å². The molecular weight excluding hydrogens is 136 g/mol. The van der Waals surface area contributed by atoms with Crippen molar-refractivity contribution in [2.24, 2.45) is 0 Å². The maximum atomic E-state index is 4.33. The molecular formula is C9H10N2. The molecule has 0 spiro atoms. The van der Waals surface area contributed by atoms with Crippen LogP contribution < -0.4 is 5.32 Å². The summed E-state index contributed by atoms with van der Waals surface area (Å²) in [5.74, 6) is 1.91. The Morgan fingerprint density at radius 3 is 3.45 bits per heavy atom. The van der Waals surface area contributed by atoms with Crippen LogP contribution in [0.15, 0.2) is 12.3 Å². The smallest absolute Gasteiger partial charge is 0.129 e. The van der Waals surface area contributed by atoms with E-state index in [-0.39, 0.29) is 0 Å². The highest BCUT2D eigenvalue weighted by molar-refractivity contribution is 5.59. The third-order valence-electron chi connectivity index (χ3n) is 2.57. The van der Waals surface area contributed by atoms with Gasteiger partial charge in [0.05, 0.1) is 0 Å². The number of pyridine rings is 1. The second kappa shape index (κ2) is 1.58. The minimum atomic E-state index is 0.722. The molecule has 2 atom stereocenters. The summed E-state index contributed by atoms with van der Waals surface area (Å²) in [6, 6.07) is 2.98. The second-order valence-electron chi connectivity index (χ2n) is 3.54. The molecule has 1 aliphatic carbocycles. The van der Waals surface area contributed by atoms with Crippen molar-refractivity contribution in [3.05, 3.63) is 23.4 Å². The van der Waals surface area contributed by atoms with Crippen molar-refractivity contribution in [1.82, 2.24) is 4.98 Å². The highest BCUT2D eigenvalue weighted by atomic mass is 15.1. The fourth-order valence-corrected chi connectivity index (χ4v) is 1.87. The van der Waals surface area contributed by atoms with Gasteiger partial charge in [-0.2, -0.15) is 0 Å². The van der Waals surface area contributed by atoms with E-state index in [9.17, 15) is 0 Å². The molecule has 1 aliphatic heterocycles. The largest absolute Gasteiger partial charge is 0.366 e. The number of hydrogen-bond donors (Lipinski definition) is 1. The summed E-state index contributed by atoms with van der Waals surface area (Å²) in [6.07, 6.45) is 3.24. The lowest BCUT2D eigenvalue weighted by atomic mass is 10.1. The first-order valence-corrected chi connectivity index (χ1v) is 4.08. The zero-order valence-electron chi connectivity index (χ0n) is 6.46. The lowest BCUT2D eigenvalue weighted by Crippen LogP contribution is -1.98. The van der Waals surface area contributed by atoms with Crippen molar-refractivity contribution in [2.75, 3.05) is 5.32 Å². The maximum Gasteiger partial charge on any atom is 0.129 e. The average molecular weight is 146 g/mol. The Balaban J connectivity index is 2.20. The molecule has 11 heavy (non-hydrogen) atoms. The Kier molecular flexibility index (Phi) is 0.799. The molecule has 56 valence electrons. The van der Waals surface area contributed by atoms with Gasteiger partial charge in [0, 0.05) is 18.2 Å². The van der Waals surface area contributed by atoms with Crippen LogP contribution in [0.5, 0.6) is 0 Å². The number of aryl methyl sites for hydroxylation is 1. The van der Waals surface area contributed by atoms with Gasteiger partial charge in [-0.15, -0.1) is 0 Å². The van der Waals surface area contributed by atoms with Crippen LogP contribution >= 0.6 is 0 Å². The van der Waals surface area contributed by atoms with E-state index in [0.29, 0.717) is 0 Å². The van der Waals surface area contributed by atoms with Crippen LogP contribution in [0.4, 0.5) is 5.82 Å². The molecule has 1 N–H and O–H groups in total. The molecule has 2 heteroatoms. The van der Waals surface area contributed by atoms with Gasteiger partial charge in [0.25, 0.3) is 0 Å². The van der Waals surface area contributed by atoms with Gasteiger partial charge in [-0.3, -0.25) is 0 Å². The van der Waals surface area contributed by atoms with E-state index in [1.807, 2.05) is 6.20 Å². The zero-order valence-corrected chi connectivity index (χ0v) is 6.46. The highest BCUT2D eigenvalue weighted by Gasteiger charge is 2.45. The van der Waals surface area contributed by atoms with E-state index in [0.717, 1.165) is 17.8 Å².